The Kier molecular flexibility index (Phi) is 4.05. The van der Waals surface area contributed by atoms with Gasteiger partial charge in [-0.1, -0.05) is 0 Å². The van der Waals surface area contributed by atoms with Crippen molar-refractivity contribution in [3.05, 3.63) is 35.1 Å². The summed E-state index contributed by atoms with van der Waals surface area (Å²) >= 11 is 0. The first kappa shape index (κ1) is 14.1. The molecule has 0 N–H and O–H groups in total. The highest BCUT2D eigenvalue weighted by molar-refractivity contribution is 5.98. The van der Waals surface area contributed by atoms with Gasteiger partial charge in [-0.05, 0) is 18.2 Å². The van der Waals surface area contributed by atoms with E-state index in [0.717, 1.165) is 6.92 Å². The molecule has 0 aliphatic carbocycles. The van der Waals surface area contributed by atoms with Crippen molar-refractivity contribution >= 4 is 11.8 Å². The van der Waals surface area contributed by atoms with Gasteiger partial charge in [0.05, 0.1) is 5.56 Å². The van der Waals surface area contributed by atoms with E-state index in [0.29, 0.717) is 12.1 Å². The van der Waals surface area contributed by atoms with Crippen molar-refractivity contribution in [2.24, 2.45) is 0 Å². The lowest BCUT2D eigenvalue weighted by Crippen LogP contribution is -2.14. The van der Waals surface area contributed by atoms with Crippen molar-refractivity contribution in [1.29, 1.82) is 0 Å². The molecule has 0 saturated heterocycles. The van der Waals surface area contributed by atoms with Gasteiger partial charge in [-0.3, -0.25) is 9.59 Å². The number of esters is 1. The van der Waals surface area contributed by atoms with Crippen molar-refractivity contribution < 1.29 is 31.9 Å². The van der Waals surface area contributed by atoms with Crippen LogP contribution in [0.1, 0.15) is 22.8 Å². The Morgan fingerprint density at radius 2 is 1.83 bits per heavy atom. The molecule has 1 aromatic rings. The second-order valence-electron chi connectivity index (χ2n) is 3.43. The van der Waals surface area contributed by atoms with E-state index in [4.69, 9.17) is 0 Å². The van der Waals surface area contributed by atoms with Gasteiger partial charge in [0.15, 0.2) is 12.4 Å². The fourth-order valence-corrected chi connectivity index (χ4v) is 1.16. The Hall–Kier alpha value is -1.92. The molecule has 0 fully saturated rings. The minimum Gasteiger partial charge on any atom is -0.457 e. The number of rotatable bonds is 3. The molecule has 0 unspecified atom stereocenters. The lowest BCUT2D eigenvalue weighted by atomic mass is 10.1. The molecular weight excluding hydrogens is 256 g/mol. The van der Waals surface area contributed by atoms with Gasteiger partial charge in [-0.15, -0.1) is 0 Å². The zero-order valence-corrected chi connectivity index (χ0v) is 9.18. The second-order valence-corrected chi connectivity index (χ2v) is 3.43. The lowest BCUT2D eigenvalue weighted by molar-refractivity contribution is -0.140. The van der Waals surface area contributed by atoms with Crippen molar-refractivity contribution in [2.75, 3.05) is 6.61 Å². The topological polar surface area (TPSA) is 43.4 Å². The minimum absolute atomic E-state index is 0.280. The Bertz CT molecular complexity index is 480. The predicted molar refractivity (Wildman–Crippen MR) is 52.4 cm³/mol. The molecular formula is C11H8F4O3. The Morgan fingerprint density at radius 1 is 1.22 bits per heavy atom. The molecule has 0 aromatic heterocycles. The standard InChI is InChI=1S/C11H8F4O3/c1-6(16)18-5-10(17)7-2-8(11(13,14)15)4-9(12)3-7/h2-4H,5H2,1H3. The molecule has 1 rings (SSSR count). The lowest BCUT2D eigenvalue weighted by Gasteiger charge is -2.09. The van der Waals surface area contributed by atoms with Gasteiger partial charge >= 0.3 is 12.1 Å². The van der Waals surface area contributed by atoms with E-state index in [-0.39, 0.29) is 6.07 Å². The smallest absolute Gasteiger partial charge is 0.416 e. The van der Waals surface area contributed by atoms with Crippen LogP contribution in [-0.4, -0.2) is 18.4 Å². The van der Waals surface area contributed by atoms with E-state index in [1.165, 1.54) is 0 Å². The number of alkyl halides is 3. The average Bonchev–Trinajstić information content (AvgIpc) is 2.23. The van der Waals surface area contributed by atoms with Crippen LogP contribution in [0.15, 0.2) is 18.2 Å². The van der Waals surface area contributed by atoms with Crippen LogP contribution >= 0.6 is 0 Å². The van der Waals surface area contributed by atoms with Crippen molar-refractivity contribution in [2.45, 2.75) is 13.1 Å². The third-order valence-electron chi connectivity index (χ3n) is 1.95. The van der Waals surface area contributed by atoms with Gasteiger partial charge in [0.2, 0.25) is 0 Å². The third kappa shape index (κ3) is 3.83. The molecule has 0 aliphatic heterocycles. The fourth-order valence-electron chi connectivity index (χ4n) is 1.16. The predicted octanol–water partition coefficient (Wildman–Crippen LogP) is 2.59. The number of hydrogen-bond donors (Lipinski definition) is 0. The summed E-state index contributed by atoms with van der Waals surface area (Å²) in [5.74, 6) is -2.85. The van der Waals surface area contributed by atoms with Gasteiger partial charge < -0.3 is 4.74 Å². The van der Waals surface area contributed by atoms with Crippen molar-refractivity contribution in [3.8, 4) is 0 Å². The summed E-state index contributed by atoms with van der Waals surface area (Å²) in [6.45, 7) is 0.316. The number of Topliss-reactive ketones (excluding diaryl/α,β-unsaturated/α-hetero) is 1. The number of ketones is 1. The van der Waals surface area contributed by atoms with E-state index >= 15 is 0 Å². The van der Waals surface area contributed by atoms with Gasteiger partial charge in [-0.25, -0.2) is 4.39 Å². The van der Waals surface area contributed by atoms with Gasteiger partial charge in [0.1, 0.15) is 5.82 Å². The first-order valence-corrected chi connectivity index (χ1v) is 4.74. The largest absolute Gasteiger partial charge is 0.457 e. The van der Waals surface area contributed by atoms with Crippen LogP contribution in [0.25, 0.3) is 0 Å². The molecule has 0 saturated carbocycles. The van der Waals surface area contributed by atoms with E-state index in [1.54, 1.807) is 0 Å². The maximum absolute atomic E-state index is 13.0. The van der Waals surface area contributed by atoms with Crippen LogP contribution in [0, 0.1) is 5.82 Å². The number of carbonyl (C=O) groups is 2. The zero-order valence-electron chi connectivity index (χ0n) is 9.18. The summed E-state index contributed by atoms with van der Waals surface area (Å²) in [5.41, 5.74) is -1.77. The minimum atomic E-state index is -4.75. The summed E-state index contributed by atoms with van der Waals surface area (Å²) in [4.78, 5) is 21.8. The third-order valence-corrected chi connectivity index (χ3v) is 1.95. The summed E-state index contributed by atoms with van der Waals surface area (Å²) in [7, 11) is 0. The summed E-state index contributed by atoms with van der Waals surface area (Å²) in [6, 6.07) is 1.44. The maximum Gasteiger partial charge on any atom is 0.416 e. The molecule has 1 aromatic carbocycles. The Morgan fingerprint density at radius 3 is 2.33 bits per heavy atom. The van der Waals surface area contributed by atoms with Crippen LogP contribution in [0.4, 0.5) is 17.6 Å². The molecule has 7 heteroatoms. The monoisotopic (exact) mass is 264 g/mol. The van der Waals surface area contributed by atoms with Crippen LogP contribution in [0.5, 0.6) is 0 Å². The number of halogens is 4. The fraction of sp³-hybridized carbons (Fsp3) is 0.273. The van der Waals surface area contributed by atoms with Crippen LogP contribution < -0.4 is 0 Å². The molecule has 0 atom stereocenters. The Labute approximate surface area is 99.4 Å². The molecule has 0 amide bonds. The van der Waals surface area contributed by atoms with Gasteiger partial charge in [0.25, 0.3) is 0 Å². The Balaban J connectivity index is 2.99. The molecule has 3 nitrogen and oxygen atoms in total. The van der Waals surface area contributed by atoms with Crippen molar-refractivity contribution in [1.82, 2.24) is 0 Å². The quantitative estimate of drug-likeness (QED) is 0.479. The van der Waals surface area contributed by atoms with Crippen LogP contribution in [0.3, 0.4) is 0 Å². The first-order chi connectivity index (χ1) is 8.20. The molecule has 18 heavy (non-hydrogen) atoms. The molecule has 0 spiro atoms. The van der Waals surface area contributed by atoms with Crippen LogP contribution in [-0.2, 0) is 15.7 Å². The van der Waals surface area contributed by atoms with E-state index < -0.39 is 41.5 Å². The van der Waals surface area contributed by atoms with Gasteiger partial charge in [0, 0.05) is 12.5 Å². The normalized spacial score (nSPS) is 11.2. The molecule has 0 bridgehead atoms. The summed E-state index contributed by atoms with van der Waals surface area (Å²) < 4.78 is 54.4. The van der Waals surface area contributed by atoms with Crippen molar-refractivity contribution in [3.63, 3.8) is 0 Å². The van der Waals surface area contributed by atoms with E-state index in [1.807, 2.05) is 0 Å². The number of ether oxygens (including phenoxy) is 1. The average molecular weight is 264 g/mol. The highest BCUT2D eigenvalue weighted by atomic mass is 19.4. The van der Waals surface area contributed by atoms with E-state index in [2.05, 4.69) is 4.74 Å². The number of carbonyl (C=O) groups excluding carboxylic acids is 2. The molecule has 0 radical (unpaired) electrons. The highest BCUT2D eigenvalue weighted by Crippen LogP contribution is 2.30. The zero-order chi connectivity index (χ0) is 13.9. The molecule has 0 aliphatic rings. The van der Waals surface area contributed by atoms with Crippen LogP contribution in [0.2, 0.25) is 0 Å². The first-order valence-electron chi connectivity index (χ1n) is 4.74. The van der Waals surface area contributed by atoms with Gasteiger partial charge in [-0.2, -0.15) is 13.2 Å². The second kappa shape index (κ2) is 5.16. The number of hydrogen-bond acceptors (Lipinski definition) is 3. The summed E-state index contributed by atoms with van der Waals surface area (Å²) in [6.07, 6.45) is -4.75. The van der Waals surface area contributed by atoms with E-state index in [9.17, 15) is 27.2 Å². The molecule has 0 heterocycles. The highest BCUT2D eigenvalue weighted by Gasteiger charge is 2.32. The SMILES string of the molecule is CC(=O)OCC(=O)c1cc(F)cc(C(F)(F)F)c1. The summed E-state index contributed by atoms with van der Waals surface area (Å²) in [5, 5.41) is 0. The maximum atomic E-state index is 13.0. The molecule has 98 valence electrons. The number of benzene rings is 1.